The first-order valence-corrected chi connectivity index (χ1v) is 8.85. The summed E-state index contributed by atoms with van der Waals surface area (Å²) in [6.07, 6.45) is -0.971. The lowest BCUT2D eigenvalue weighted by molar-refractivity contribution is -0.384. The molecular formula is C21H25N3O4. The van der Waals surface area contributed by atoms with Crippen LogP contribution in [0.15, 0.2) is 55.1 Å². The average molecular weight is 383 g/mol. The summed E-state index contributed by atoms with van der Waals surface area (Å²) in [5, 5.41) is 26.4. The fourth-order valence-electron chi connectivity index (χ4n) is 2.70. The number of benzene rings is 2. The van der Waals surface area contributed by atoms with Crippen LogP contribution in [0.1, 0.15) is 43.6 Å². The van der Waals surface area contributed by atoms with Crippen molar-refractivity contribution >= 4 is 17.3 Å². The van der Waals surface area contributed by atoms with Gasteiger partial charge in [-0.1, -0.05) is 30.4 Å². The summed E-state index contributed by atoms with van der Waals surface area (Å²) in [5.74, 6) is 0. The lowest BCUT2D eigenvalue weighted by Crippen LogP contribution is -2.47. The highest BCUT2D eigenvalue weighted by molar-refractivity contribution is 5.75. The number of nitrogens with zero attached hydrogens (tertiary/aromatic N) is 1. The number of amides is 2. The van der Waals surface area contributed by atoms with Gasteiger partial charge >= 0.3 is 6.03 Å². The van der Waals surface area contributed by atoms with Gasteiger partial charge in [-0.25, -0.2) is 4.79 Å². The molecule has 0 aromatic heterocycles. The normalized spacial score (nSPS) is 12.1. The molecule has 0 bridgehead atoms. The van der Waals surface area contributed by atoms with E-state index in [1.54, 1.807) is 0 Å². The molecule has 2 aromatic carbocycles. The van der Waals surface area contributed by atoms with E-state index in [4.69, 9.17) is 0 Å². The Kier molecular flexibility index (Phi) is 6.53. The number of nitrogens with one attached hydrogen (secondary N) is 2. The Morgan fingerprint density at radius 2 is 1.89 bits per heavy atom. The standard InChI is InChI=1S/C21H25N3O4/c1-14(2)16-6-5-7-17(12-16)21(3,4)23-20(26)22-13-19(25)15-8-10-18(11-9-15)24(27)28/h5-12,19,25H,1,13H2,2-4H3,(H2,22,23,26)/t19-/m1/s1. The van der Waals surface area contributed by atoms with E-state index in [1.807, 2.05) is 45.0 Å². The number of urea groups is 1. The monoisotopic (exact) mass is 383 g/mol. The van der Waals surface area contributed by atoms with Crippen LogP contribution in [0.3, 0.4) is 0 Å². The van der Waals surface area contributed by atoms with E-state index in [0.717, 1.165) is 16.7 Å². The molecule has 0 aliphatic carbocycles. The molecular weight excluding hydrogens is 358 g/mol. The van der Waals surface area contributed by atoms with E-state index >= 15 is 0 Å². The maximum absolute atomic E-state index is 12.3. The van der Waals surface area contributed by atoms with Gasteiger partial charge in [0.15, 0.2) is 0 Å². The van der Waals surface area contributed by atoms with Crippen LogP contribution in [0.5, 0.6) is 0 Å². The summed E-state index contributed by atoms with van der Waals surface area (Å²) in [7, 11) is 0. The molecule has 3 N–H and O–H groups in total. The quantitative estimate of drug-likeness (QED) is 0.498. The number of rotatable bonds is 7. The third-order valence-corrected chi connectivity index (χ3v) is 4.45. The van der Waals surface area contributed by atoms with Gasteiger partial charge in [0, 0.05) is 18.7 Å². The molecule has 7 nitrogen and oxygen atoms in total. The van der Waals surface area contributed by atoms with Crippen LogP contribution >= 0.6 is 0 Å². The van der Waals surface area contributed by atoms with E-state index in [1.165, 1.54) is 24.3 Å². The molecule has 0 fully saturated rings. The van der Waals surface area contributed by atoms with Crippen LogP contribution in [-0.2, 0) is 5.54 Å². The van der Waals surface area contributed by atoms with Crippen molar-refractivity contribution in [2.24, 2.45) is 0 Å². The molecule has 0 unspecified atom stereocenters. The maximum atomic E-state index is 12.3. The van der Waals surface area contributed by atoms with Crippen molar-refractivity contribution in [3.63, 3.8) is 0 Å². The van der Waals surface area contributed by atoms with Gasteiger partial charge in [0.1, 0.15) is 0 Å². The minimum Gasteiger partial charge on any atom is -0.387 e. The molecule has 0 radical (unpaired) electrons. The average Bonchev–Trinajstić information content (AvgIpc) is 2.66. The summed E-state index contributed by atoms with van der Waals surface area (Å²) in [6.45, 7) is 9.61. The molecule has 2 aromatic rings. The topological polar surface area (TPSA) is 104 Å². The Balaban J connectivity index is 1.96. The number of non-ortho nitro benzene ring substituents is 1. The molecule has 0 saturated carbocycles. The van der Waals surface area contributed by atoms with Crippen molar-refractivity contribution in [3.05, 3.63) is 81.9 Å². The zero-order chi connectivity index (χ0) is 20.9. The number of hydrogen-bond donors (Lipinski definition) is 3. The Morgan fingerprint density at radius 3 is 2.46 bits per heavy atom. The predicted molar refractivity (Wildman–Crippen MR) is 109 cm³/mol. The number of aliphatic hydroxyl groups excluding tert-OH is 1. The zero-order valence-corrected chi connectivity index (χ0v) is 16.2. The van der Waals surface area contributed by atoms with Crippen molar-refractivity contribution in [1.82, 2.24) is 10.6 Å². The third kappa shape index (κ3) is 5.40. The van der Waals surface area contributed by atoms with Crippen LogP contribution in [0, 0.1) is 10.1 Å². The van der Waals surface area contributed by atoms with E-state index in [0.29, 0.717) is 5.56 Å². The molecule has 1 atom stereocenters. The molecule has 0 saturated heterocycles. The van der Waals surface area contributed by atoms with Gasteiger partial charge in [0.25, 0.3) is 5.69 Å². The SMILES string of the molecule is C=C(C)c1cccc(C(C)(C)NC(=O)NC[C@@H](O)c2ccc([N+](=O)[O-])cc2)c1. The largest absolute Gasteiger partial charge is 0.387 e. The van der Waals surface area contributed by atoms with Crippen molar-refractivity contribution in [2.75, 3.05) is 6.54 Å². The van der Waals surface area contributed by atoms with E-state index in [9.17, 15) is 20.0 Å². The van der Waals surface area contributed by atoms with Crippen LogP contribution in [0.4, 0.5) is 10.5 Å². The molecule has 28 heavy (non-hydrogen) atoms. The third-order valence-electron chi connectivity index (χ3n) is 4.45. The van der Waals surface area contributed by atoms with E-state index in [2.05, 4.69) is 17.2 Å². The zero-order valence-electron chi connectivity index (χ0n) is 16.2. The molecule has 0 spiro atoms. The highest BCUT2D eigenvalue weighted by Crippen LogP contribution is 2.23. The smallest absolute Gasteiger partial charge is 0.315 e. The molecule has 0 heterocycles. The van der Waals surface area contributed by atoms with Crippen molar-refractivity contribution in [3.8, 4) is 0 Å². The Labute approximate surface area is 164 Å². The molecule has 0 aliphatic rings. The minimum absolute atomic E-state index is 0.0223. The molecule has 7 heteroatoms. The van der Waals surface area contributed by atoms with Crippen LogP contribution in [0.2, 0.25) is 0 Å². The first kappa shape index (κ1) is 21.1. The van der Waals surface area contributed by atoms with Crippen LogP contribution in [0.25, 0.3) is 5.57 Å². The highest BCUT2D eigenvalue weighted by Gasteiger charge is 2.23. The minimum atomic E-state index is -0.971. The first-order valence-electron chi connectivity index (χ1n) is 8.85. The number of carbonyl (C=O) groups excluding carboxylic acids is 1. The number of hydrogen-bond acceptors (Lipinski definition) is 4. The summed E-state index contributed by atoms with van der Waals surface area (Å²) in [4.78, 5) is 22.5. The highest BCUT2D eigenvalue weighted by atomic mass is 16.6. The second-order valence-corrected chi connectivity index (χ2v) is 7.19. The number of aliphatic hydroxyl groups is 1. The second kappa shape index (κ2) is 8.67. The van der Waals surface area contributed by atoms with Gasteiger partial charge < -0.3 is 15.7 Å². The van der Waals surface area contributed by atoms with Gasteiger partial charge in [-0.05, 0) is 55.7 Å². The Bertz CT molecular complexity index is 875. The number of carbonyl (C=O) groups is 1. The number of nitro benzene ring substituents is 1. The fourth-order valence-corrected chi connectivity index (χ4v) is 2.70. The summed E-state index contributed by atoms with van der Waals surface area (Å²) in [6, 6.07) is 12.9. The fraction of sp³-hybridized carbons (Fsp3) is 0.286. The molecule has 2 rings (SSSR count). The van der Waals surface area contributed by atoms with Crippen LogP contribution in [-0.4, -0.2) is 22.6 Å². The molecule has 0 aliphatic heterocycles. The van der Waals surface area contributed by atoms with Crippen molar-refractivity contribution in [2.45, 2.75) is 32.4 Å². The predicted octanol–water partition coefficient (Wildman–Crippen LogP) is 3.90. The van der Waals surface area contributed by atoms with Gasteiger partial charge in [0.2, 0.25) is 0 Å². The van der Waals surface area contributed by atoms with Crippen molar-refractivity contribution < 1.29 is 14.8 Å². The number of nitro groups is 1. The Hall–Kier alpha value is -3.19. The Morgan fingerprint density at radius 1 is 1.25 bits per heavy atom. The van der Waals surface area contributed by atoms with Gasteiger partial charge in [0.05, 0.1) is 16.6 Å². The van der Waals surface area contributed by atoms with Crippen molar-refractivity contribution in [1.29, 1.82) is 0 Å². The van der Waals surface area contributed by atoms with Gasteiger partial charge in [-0.15, -0.1) is 0 Å². The summed E-state index contributed by atoms with van der Waals surface area (Å²) >= 11 is 0. The van der Waals surface area contributed by atoms with Gasteiger partial charge in [-0.3, -0.25) is 10.1 Å². The van der Waals surface area contributed by atoms with Gasteiger partial charge in [-0.2, -0.15) is 0 Å². The summed E-state index contributed by atoms with van der Waals surface area (Å²) in [5.41, 5.74) is 2.67. The second-order valence-electron chi connectivity index (χ2n) is 7.19. The molecule has 2 amide bonds. The maximum Gasteiger partial charge on any atom is 0.315 e. The van der Waals surface area contributed by atoms with E-state index in [-0.39, 0.29) is 12.2 Å². The van der Waals surface area contributed by atoms with Crippen LogP contribution < -0.4 is 10.6 Å². The number of allylic oxidation sites excluding steroid dienone is 1. The molecule has 148 valence electrons. The lowest BCUT2D eigenvalue weighted by atomic mass is 9.92. The van der Waals surface area contributed by atoms with E-state index < -0.39 is 22.6 Å². The lowest BCUT2D eigenvalue weighted by Gasteiger charge is -2.28. The summed E-state index contributed by atoms with van der Waals surface area (Å²) < 4.78 is 0. The first-order chi connectivity index (χ1) is 13.1.